The number of amides is 1. The molecule has 0 aliphatic carbocycles. The maximum absolute atomic E-state index is 12.0. The quantitative estimate of drug-likeness (QED) is 0.659. The molecule has 1 aromatic carbocycles. The molecule has 1 N–H and O–H groups in total. The maximum atomic E-state index is 12.0. The summed E-state index contributed by atoms with van der Waals surface area (Å²) in [5.41, 5.74) is 3.92. The number of hydrogen-bond acceptors (Lipinski definition) is 4. The fourth-order valence-corrected chi connectivity index (χ4v) is 2.14. The van der Waals surface area contributed by atoms with E-state index in [1.807, 2.05) is 6.07 Å². The minimum Gasteiger partial charge on any atom is -0.479 e. The molecule has 0 aliphatic heterocycles. The Kier molecular flexibility index (Phi) is 5.96. The van der Waals surface area contributed by atoms with Crippen molar-refractivity contribution >= 4 is 34.8 Å². The van der Waals surface area contributed by atoms with Crippen molar-refractivity contribution in [2.75, 3.05) is 0 Å². The third-order valence-corrected chi connectivity index (χ3v) is 3.51. The highest BCUT2D eigenvalue weighted by atomic mass is 35.5. The van der Waals surface area contributed by atoms with Crippen LogP contribution >= 0.6 is 23.2 Å². The van der Waals surface area contributed by atoms with E-state index in [9.17, 15) is 4.79 Å². The van der Waals surface area contributed by atoms with Gasteiger partial charge in [0.25, 0.3) is 5.91 Å². The van der Waals surface area contributed by atoms with Crippen LogP contribution in [0.5, 0.6) is 5.75 Å². The van der Waals surface area contributed by atoms with Crippen LogP contribution in [-0.4, -0.2) is 22.7 Å². The van der Waals surface area contributed by atoms with Gasteiger partial charge < -0.3 is 4.74 Å². The van der Waals surface area contributed by atoms with Crippen molar-refractivity contribution in [2.45, 2.75) is 20.0 Å². The molecule has 0 saturated heterocycles. The van der Waals surface area contributed by atoms with E-state index >= 15 is 0 Å². The van der Waals surface area contributed by atoms with Crippen molar-refractivity contribution in [3.05, 3.63) is 58.3 Å². The molecule has 0 saturated carbocycles. The lowest BCUT2D eigenvalue weighted by Gasteiger charge is -2.14. The summed E-state index contributed by atoms with van der Waals surface area (Å²) in [6, 6.07) is 8.44. The van der Waals surface area contributed by atoms with E-state index in [2.05, 4.69) is 15.5 Å². The Morgan fingerprint density at radius 1 is 1.35 bits per heavy atom. The number of carbonyl (C=O) groups is 1. The zero-order chi connectivity index (χ0) is 16.8. The van der Waals surface area contributed by atoms with Gasteiger partial charge in [0, 0.05) is 23.0 Å². The fourth-order valence-electron chi connectivity index (χ4n) is 1.69. The van der Waals surface area contributed by atoms with Gasteiger partial charge in [0.1, 0.15) is 5.75 Å². The van der Waals surface area contributed by atoms with E-state index in [1.165, 1.54) is 0 Å². The van der Waals surface area contributed by atoms with Crippen molar-refractivity contribution in [1.29, 1.82) is 0 Å². The van der Waals surface area contributed by atoms with Gasteiger partial charge in [-0.05, 0) is 38.1 Å². The number of aromatic nitrogens is 1. The van der Waals surface area contributed by atoms with Crippen LogP contribution < -0.4 is 10.2 Å². The van der Waals surface area contributed by atoms with Gasteiger partial charge in [-0.3, -0.25) is 9.78 Å². The lowest BCUT2D eigenvalue weighted by molar-refractivity contribution is -0.127. The first-order valence-corrected chi connectivity index (χ1v) is 7.59. The molecule has 1 amide bonds. The van der Waals surface area contributed by atoms with Gasteiger partial charge in [-0.25, -0.2) is 5.43 Å². The first-order valence-electron chi connectivity index (χ1n) is 6.83. The number of hydrazone groups is 1. The highest BCUT2D eigenvalue weighted by molar-refractivity contribution is 6.35. The average Bonchev–Trinajstić information content (AvgIpc) is 2.55. The molecule has 0 spiro atoms. The molecule has 0 fully saturated rings. The molecule has 0 bridgehead atoms. The van der Waals surface area contributed by atoms with E-state index in [4.69, 9.17) is 27.9 Å². The van der Waals surface area contributed by atoms with Gasteiger partial charge in [-0.15, -0.1) is 0 Å². The second-order valence-corrected chi connectivity index (χ2v) is 5.59. The van der Waals surface area contributed by atoms with E-state index < -0.39 is 6.10 Å². The number of carbonyl (C=O) groups excluding carboxylic acids is 1. The van der Waals surface area contributed by atoms with Crippen LogP contribution in [0.15, 0.2) is 47.8 Å². The second kappa shape index (κ2) is 7.94. The smallest absolute Gasteiger partial charge is 0.280 e. The molecule has 5 nitrogen and oxygen atoms in total. The number of nitrogens with one attached hydrogen (secondary N) is 1. The van der Waals surface area contributed by atoms with Crippen LogP contribution in [0.1, 0.15) is 19.4 Å². The molecule has 7 heteroatoms. The molecule has 0 aliphatic rings. The van der Waals surface area contributed by atoms with Crippen molar-refractivity contribution in [3.63, 3.8) is 0 Å². The highest BCUT2D eigenvalue weighted by Crippen LogP contribution is 2.28. The predicted octanol–water partition coefficient (Wildman–Crippen LogP) is 3.70. The first-order chi connectivity index (χ1) is 11.0. The molecule has 1 unspecified atom stereocenters. The molecule has 1 heterocycles. The van der Waals surface area contributed by atoms with Gasteiger partial charge in [-0.2, -0.15) is 5.10 Å². The van der Waals surface area contributed by atoms with Crippen LogP contribution in [0.3, 0.4) is 0 Å². The Bertz CT molecular complexity index is 721. The molecule has 120 valence electrons. The van der Waals surface area contributed by atoms with Gasteiger partial charge in [0.15, 0.2) is 6.10 Å². The topological polar surface area (TPSA) is 63.6 Å². The molecule has 2 rings (SSSR count). The Morgan fingerprint density at radius 3 is 2.78 bits per heavy atom. The van der Waals surface area contributed by atoms with Crippen LogP contribution in [-0.2, 0) is 4.79 Å². The number of benzene rings is 1. The Hall–Kier alpha value is -2.11. The number of nitrogens with zero attached hydrogens (tertiary/aromatic N) is 2. The van der Waals surface area contributed by atoms with Gasteiger partial charge in [-0.1, -0.05) is 29.3 Å². The van der Waals surface area contributed by atoms with Crippen LogP contribution in [0.2, 0.25) is 10.0 Å². The molecular weight excluding hydrogens is 337 g/mol. The highest BCUT2D eigenvalue weighted by Gasteiger charge is 2.16. The second-order valence-electron chi connectivity index (χ2n) is 4.75. The lowest BCUT2D eigenvalue weighted by atomic mass is 10.2. The van der Waals surface area contributed by atoms with Gasteiger partial charge >= 0.3 is 0 Å². The molecule has 0 radical (unpaired) electrons. The molecular formula is C16H15Cl2N3O2. The molecule has 2 aromatic rings. The maximum Gasteiger partial charge on any atom is 0.280 e. The Balaban J connectivity index is 1.97. The van der Waals surface area contributed by atoms with Crippen molar-refractivity contribution in [3.8, 4) is 5.75 Å². The summed E-state index contributed by atoms with van der Waals surface area (Å²) in [4.78, 5) is 16.0. The number of ether oxygens (including phenoxy) is 1. The third kappa shape index (κ3) is 4.94. The van der Waals surface area contributed by atoms with Crippen LogP contribution in [0, 0.1) is 0 Å². The van der Waals surface area contributed by atoms with E-state index in [1.54, 1.807) is 50.5 Å². The summed E-state index contributed by atoms with van der Waals surface area (Å²) < 4.78 is 5.52. The summed E-state index contributed by atoms with van der Waals surface area (Å²) >= 11 is 11.8. The summed E-state index contributed by atoms with van der Waals surface area (Å²) in [7, 11) is 0. The van der Waals surface area contributed by atoms with E-state index in [0.717, 1.165) is 5.56 Å². The zero-order valence-electron chi connectivity index (χ0n) is 12.6. The minimum atomic E-state index is -0.765. The first kappa shape index (κ1) is 17.2. The van der Waals surface area contributed by atoms with E-state index in [0.29, 0.717) is 21.5 Å². The number of pyridine rings is 1. The van der Waals surface area contributed by atoms with Crippen LogP contribution in [0.4, 0.5) is 0 Å². The fraction of sp³-hybridized carbons (Fsp3) is 0.188. The Labute approximate surface area is 144 Å². The molecule has 1 atom stereocenters. The number of rotatable bonds is 5. The lowest BCUT2D eigenvalue weighted by Crippen LogP contribution is -2.34. The third-order valence-electron chi connectivity index (χ3n) is 2.98. The number of hydrogen-bond donors (Lipinski definition) is 1. The average molecular weight is 352 g/mol. The summed E-state index contributed by atoms with van der Waals surface area (Å²) in [6.45, 7) is 3.38. The number of halogens is 2. The van der Waals surface area contributed by atoms with E-state index in [-0.39, 0.29) is 5.91 Å². The summed E-state index contributed by atoms with van der Waals surface area (Å²) in [6.07, 6.45) is 2.57. The van der Waals surface area contributed by atoms with Crippen molar-refractivity contribution in [1.82, 2.24) is 10.4 Å². The van der Waals surface area contributed by atoms with Crippen molar-refractivity contribution < 1.29 is 9.53 Å². The standard InChI is InChI=1S/C16H15Cl2N3O2/c1-10(12-4-3-7-19-9-12)20-21-16(22)11(2)23-15-6-5-13(17)8-14(15)18/h3-9,11H,1-2H3,(H,21,22)/b20-10+. The van der Waals surface area contributed by atoms with Gasteiger partial charge in [0.05, 0.1) is 10.7 Å². The summed E-state index contributed by atoms with van der Waals surface area (Å²) in [5.74, 6) is -0.00839. The largest absolute Gasteiger partial charge is 0.479 e. The SMILES string of the molecule is C/C(=N\NC(=O)C(C)Oc1ccc(Cl)cc1Cl)c1cccnc1. The monoisotopic (exact) mass is 351 g/mol. The Morgan fingerprint density at radius 2 is 2.13 bits per heavy atom. The zero-order valence-corrected chi connectivity index (χ0v) is 14.1. The van der Waals surface area contributed by atoms with Crippen molar-refractivity contribution in [2.24, 2.45) is 5.10 Å². The molecule has 23 heavy (non-hydrogen) atoms. The predicted molar refractivity (Wildman–Crippen MR) is 91.1 cm³/mol. The van der Waals surface area contributed by atoms with Crippen LogP contribution in [0.25, 0.3) is 0 Å². The minimum absolute atomic E-state index is 0.340. The molecule has 1 aromatic heterocycles. The summed E-state index contributed by atoms with van der Waals surface area (Å²) in [5, 5.41) is 4.87. The normalized spacial score (nSPS) is 12.6. The van der Waals surface area contributed by atoms with Gasteiger partial charge in [0.2, 0.25) is 0 Å².